The number of aryl methyl sites for hydroxylation is 1. The molecule has 0 saturated carbocycles. The summed E-state index contributed by atoms with van der Waals surface area (Å²) in [6.07, 6.45) is 2.16. The minimum Gasteiger partial charge on any atom is -0.480 e. The zero-order valence-electron chi connectivity index (χ0n) is 22.1. The van der Waals surface area contributed by atoms with Gasteiger partial charge in [-0.1, -0.05) is 59.6 Å². The van der Waals surface area contributed by atoms with Crippen LogP contribution in [0.2, 0.25) is 10.0 Å². The highest BCUT2D eigenvalue weighted by atomic mass is 35.5. The van der Waals surface area contributed by atoms with E-state index in [1.54, 1.807) is 18.2 Å². The third kappa shape index (κ3) is 6.64. The SMILES string of the molecule is O=C(NCC(NC(=O)c1c(Cl)cc2c(c1Cl)CCN(Cc1ccc(F)cc1)C2)C(=O)O)NC1CCc2ccccc21. The van der Waals surface area contributed by atoms with Gasteiger partial charge >= 0.3 is 12.0 Å². The number of urea groups is 1. The average molecular weight is 599 g/mol. The molecule has 41 heavy (non-hydrogen) atoms. The molecule has 1 aliphatic heterocycles. The number of carbonyl (C=O) groups excluding carboxylic acids is 2. The number of halogens is 3. The normalized spacial score (nSPS) is 16.8. The molecule has 3 amide bonds. The van der Waals surface area contributed by atoms with E-state index in [1.165, 1.54) is 17.7 Å². The third-order valence-corrected chi connectivity index (χ3v) is 8.25. The molecule has 3 aromatic rings. The number of carboxylic acids is 1. The van der Waals surface area contributed by atoms with Crippen molar-refractivity contribution >= 4 is 41.1 Å². The molecule has 0 saturated heterocycles. The fourth-order valence-corrected chi connectivity index (χ4v) is 6.21. The maximum atomic E-state index is 13.2. The molecular formula is C30H29Cl2FN4O4. The highest BCUT2D eigenvalue weighted by molar-refractivity contribution is 6.40. The molecule has 0 fully saturated rings. The molecule has 2 unspecified atom stereocenters. The average Bonchev–Trinajstić information content (AvgIpc) is 3.34. The summed E-state index contributed by atoms with van der Waals surface area (Å²) in [7, 11) is 0. The second-order valence-corrected chi connectivity index (χ2v) is 11.1. The van der Waals surface area contributed by atoms with Gasteiger partial charge in [-0.15, -0.1) is 0 Å². The van der Waals surface area contributed by atoms with Crippen LogP contribution < -0.4 is 16.0 Å². The highest BCUT2D eigenvalue weighted by Gasteiger charge is 2.29. The van der Waals surface area contributed by atoms with Crippen molar-refractivity contribution in [3.05, 3.63) is 104 Å². The lowest BCUT2D eigenvalue weighted by molar-refractivity contribution is -0.139. The third-order valence-electron chi connectivity index (χ3n) is 7.54. The van der Waals surface area contributed by atoms with E-state index in [4.69, 9.17) is 23.2 Å². The number of benzene rings is 3. The molecule has 5 rings (SSSR count). The molecule has 8 nitrogen and oxygen atoms in total. The van der Waals surface area contributed by atoms with Crippen LogP contribution >= 0.6 is 23.2 Å². The van der Waals surface area contributed by atoms with Gasteiger partial charge in [-0.05, 0) is 65.3 Å². The van der Waals surface area contributed by atoms with Crippen LogP contribution in [0.5, 0.6) is 0 Å². The van der Waals surface area contributed by atoms with Crippen molar-refractivity contribution in [2.45, 2.75) is 44.4 Å². The topological polar surface area (TPSA) is 111 Å². The van der Waals surface area contributed by atoms with E-state index < -0.39 is 23.9 Å². The van der Waals surface area contributed by atoms with Gasteiger partial charge in [0.25, 0.3) is 5.91 Å². The van der Waals surface area contributed by atoms with E-state index in [9.17, 15) is 23.9 Å². The molecular weight excluding hydrogens is 570 g/mol. The van der Waals surface area contributed by atoms with Crippen LogP contribution in [0.15, 0.2) is 54.6 Å². The van der Waals surface area contributed by atoms with Crippen LogP contribution in [0.3, 0.4) is 0 Å². The Balaban J connectivity index is 1.21. The molecule has 0 radical (unpaired) electrons. The van der Waals surface area contributed by atoms with E-state index in [1.807, 2.05) is 24.3 Å². The smallest absolute Gasteiger partial charge is 0.328 e. The quantitative estimate of drug-likeness (QED) is 0.296. The largest absolute Gasteiger partial charge is 0.480 e. The Kier molecular flexibility index (Phi) is 8.77. The van der Waals surface area contributed by atoms with Crippen LogP contribution in [-0.4, -0.2) is 47.0 Å². The van der Waals surface area contributed by atoms with E-state index in [0.717, 1.165) is 35.1 Å². The molecule has 1 aliphatic carbocycles. The van der Waals surface area contributed by atoms with Gasteiger partial charge in [0.1, 0.15) is 11.9 Å². The number of nitrogens with zero attached hydrogens (tertiary/aromatic N) is 1. The van der Waals surface area contributed by atoms with E-state index in [2.05, 4.69) is 20.9 Å². The first kappa shape index (κ1) is 28.9. The predicted molar refractivity (Wildman–Crippen MR) is 154 cm³/mol. The van der Waals surface area contributed by atoms with Crippen molar-refractivity contribution in [3.8, 4) is 0 Å². The molecule has 11 heteroatoms. The second kappa shape index (κ2) is 12.5. The summed E-state index contributed by atoms with van der Waals surface area (Å²) >= 11 is 13.1. The minimum absolute atomic E-state index is 0.00247. The number of carbonyl (C=O) groups is 3. The second-order valence-electron chi connectivity index (χ2n) is 10.3. The molecule has 0 spiro atoms. The van der Waals surface area contributed by atoms with Crippen LogP contribution in [0.25, 0.3) is 0 Å². The Morgan fingerprint density at radius 1 is 1.05 bits per heavy atom. The van der Waals surface area contributed by atoms with Crippen LogP contribution in [-0.2, 0) is 30.7 Å². The van der Waals surface area contributed by atoms with Crippen molar-refractivity contribution in [1.29, 1.82) is 0 Å². The van der Waals surface area contributed by atoms with Crippen molar-refractivity contribution < 1.29 is 23.9 Å². The lowest BCUT2D eigenvalue weighted by Gasteiger charge is -2.30. The number of fused-ring (bicyclic) bond motifs is 2. The molecule has 2 aliphatic rings. The maximum absolute atomic E-state index is 13.2. The van der Waals surface area contributed by atoms with Crippen LogP contribution in [0, 0.1) is 5.82 Å². The number of aliphatic carboxylic acids is 1. The Labute approximate surface area is 246 Å². The van der Waals surface area contributed by atoms with E-state index in [0.29, 0.717) is 26.1 Å². The number of hydrogen-bond donors (Lipinski definition) is 4. The first-order valence-corrected chi connectivity index (χ1v) is 14.1. The fraction of sp³-hybridized carbons (Fsp3) is 0.300. The summed E-state index contributed by atoms with van der Waals surface area (Å²) in [5.41, 5.74) is 4.83. The summed E-state index contributed by atoms with van der Waals surface area (Å²) in [4.78, 5) is 39.8. The van der Waals surface area contributed by atoms with Gasteiger partial charge < -0.3 is 21.1 Å². The summed E-state index contributed by atoms with van der Waals surface area (Å²) in [5.74, 6) is -2.34. The number of rotatable bonds is 8. The van der Waals surface area contributed by atoms with Crippen molar-refractivity contribution in [1.82, 2.24) is 20.9 Å². The number of hydrogen-bond acceptors (Lipinski definition) is 4. The molecule has 2 atom stereocenters. The van der Waals surface area contributed by atoms with E-state index >= 15 is 0 Å². The minimum atomic E-state index is -1.40. The molecule has 214 valence electrons. The van der Waals surface area contributed by atoms with Gasteiger partial charge in [0, 0.05) is 19.6 Å². The monoisotopic (exact) mass is 598 g/mol. The summed E-state index contributed by atoms with van der Waals surface area (Å²) in [5, 5.41) is 17.9. The Morgan fingerprint density at radius 3 is 2.56 bits per heavy atom. The summed E-state index contributed by atoms with van der Waals surface area (Å²) < 4.78 is 13.2. The fourth-order valence-electron chi connectivity index (χ4n) is 5.44. The molecule has 4 N–H and O–H groups in total. The highest BCUT2D eigenvalue weighted by Crippen LogP contribution is 2.35. The summed E-state index contributed by atoms with van der Waals surface area (Å²) in [6, 6.07) is 13.8. The van der Waals surface area contributed by atoms with Gasteiger partial charge in [-0.25, -0.2) is 14.0 Å². The van der Waals surface area contributed by atoms with Crippen LogP contribution in [0.4, 0.5) is 9.18 Å². The number of amides is 3. The Morgan fingerprint density at radius 2 is 1.80 bits per heavy atom. The lowest BCUT2D eigenvalue weighted by atomic mass is 9.96. The van der Waals surface area contributed by atoms with Gasteiger partial charge in [-0.3, -0.25) is 9.69 Å². The standard InChI is InChI=1S/C30H29Cl2FN4O4/c31-23-13-19-16-37(15-17-5-8-20(33)9-6-17)12-11-22(19)27(32)26(23)28(38)35-25(29(39)40)14-34-30(41)36-24-10-7-18-3-1-2-4-21(18)24/h1-6,8-9,13,24-25H,7,10-12,14-16H2,(H,35,38)(H,39,40)(H2,34,36,41). The predicted octanol–water partition coefficient (Wildman–Crippen LogP) is 4.86. The van der Waals surface area contributed by atoms with Gasteiger partial charge in [-0.2, -0.15) is 0 Å². The summed E-state index contributed by atoms with van der Waals surface area (Å²) in [6.45, 7) is 1.48. The first-order chi connectivity index (χ1) is 19.7. The molecule has 3 aromatic carbocycles. The van der Waals surface area contributed by atoms with Crippen molar-refractivity contribution in [3.63, 3.8) is 0 Å². The van der Waals surface area contributed by atoms with Crippen LogP contribution in [0.1, 0.15) is 50.6 Å². The zero-order chi connectivity index (χ0) is 29.1. The van der Waals surface area contributed by atoms with Gasteiger partial charge in [0.15, 0.2) is 0 Å². The number of nitrogens with one attached hydrogen (secondary N) is 3. The van der Waals surface area contributed by atoms with Crippen molar-refractivity contribution in [2.24, 2.45) is 0 Å². The molecule has 1 heterocycles. The lowest BCUT2D eigenvalue weighted by Crippen LogP contribution is -2.50. The van der Waals surface area contributed by atoms with Crippen molar-refractivity contribution in [2.75, 3.05) is 13.1 Å². The van der Waals surface area contributed by atoms with E-state index in [-0.39, 0.29) is 34.0 Å². The van der Waals surface area contributed by atoms with Gasteiger partial charge in [0.05, 0.1) is 28.2 Å². The molecule has 0 bridgehead atoms. The Bertz CT molecular complexity index is 1480. The Hall–Kier alpha value is -3.66. The number of carboxylic acid groups (broad SMARTS) is 1. The van der Waals surface area contributed by atoms with Gasteiger partial charge in [0.2, 0.25) is 0 Å². The maximum Gasteiger partial charge on any atom is 0.328 e. The first-order valence-electron chi connectivity index (χ1n) is 13.3. The molecule has 0 aromatic heterocycles. The zero-order valence-corrected chi connectivity index (χ0v) is 23.6.